The molecule has 0 saturated heterocycles. The zero-order valence-electron chi connectivity index (χ0n) is 11.7. The highest BCUT2D eigenvalue weighted by molar-refractivity contribution is 5.90. The zero-order valence-corrected chi connectivity index (χ0v) is 11.7. The summed E-state index contributed by atoms with van der Waals surface area (Å²) >= 11 is 0. The Balaban J connectivity index is 2.48. The van der Waals surface area contributed by atoms with Gasteiger partial charge in [0.05, 0.1) is 0 Å². The van der Waals surface area contributed by atoms with Crippen molar-refractivity contribution < 1.29 is 4.79 Å². The third-order valence-electron chi connectivity index (χ3n) is 2.87. The van der Waals surface area contributed by atoms with Gasteiger partial charge in [0.15, 0.2) is 0 Å². The second-order valence-electron chi connectivity index (χ2n) is 4.32. The van der Waals surface area contributed by atoms with E-state index in [0.29, 0.717) is 0 Å². The molecule has 0 saturated carbocycles. The topological polar surface area (TPSA) is 73.9 Å². The first-order valence-electron chi connectivity index (χ1n) is 6.55. The Labute approximate surface area is 108 Å². The van der Waals surface area contributed by atoms with Crippen LogP contribution in [0.25, 0.3) is 0 Å². The quantitative estimate of drug-likeness (QED) is 0.754. The molecule has 1 heterocycles. The highest BCUT2D eigenvalue weighted by Crippen LogP contribution is 1.96. The normalized spacial score (nSPS) is 12.7. The number of hydrogen-bond acceptors (Lipinski definition) is 4. The fraction of sp³-hybridized carbons (Fsp3) is 0.750. The van der Waals surface area contributed by atoms with Crippen molar-refractivity contribution in [2.75, 3.05) is 19.6 Å². The number of aromatic nitrogens is 3. The van der Waals surface area contributed by atoms with E-state index in [1.807, 2.05) is 13.8 Å². The second kappa shape index (κ2) is 7.10. The van der Waals surface area contributed by atoms with E-state index in [2.05, 4.69) is 39.2 Å². The Morgan fingerprint density at radius 2 is 2.06 bits per heavy atom. The van der Waals surface area contributed by atoms with Crippen LogP contribution in [0, 0.1) is 0 Å². The molecule has 0 radical (unpaired) electrons. The SMILES string of the molecule is CCc1nc(C(=O)NC(C)CN(CC)CC)n[nH]1. The largest absolute Gasteiger partial charge is 0.346 e. The number of aryl methyl sites for hydroxylation is 1. The van der Waals surface area contributed by atoms with Gasteiger partial charge < -0.3 is 10.2 Å². The molecule has 6 nitrogen and oxygen atoms in total. The number of carbonyl (C=O) groups is 1. The first-order valence-corrected chi connectivity index (χ1v) is 6.55. The first-order chi connectivity index (χ1) is 8.60. The Morgan fingerprint density at radius 1 is 1.39 bits per heavy atom. The van der Waals surface area contributed by atoms with E-state index in [9.17, 15) is 4.79 Å². The van der Waals surface area contributed by atoms with E-state index in [0.717, 1.165) is 31.9 Å². The van der Waals surface area contributed by atoms with Gasteiger partial charge in [0.1, 0.15) is 5.82 Å². The molecule has 0 aliphatic rings. The van der Waals surface area contributed by atoms with Gasteiger partial charge in [-0.05, 0) is 20.0 Å². The van der Waals surface area contributed by atoms with Crippen molar-refractivity contribution in [3.8, 4) is 0 Å². The molecule has 0 bridgehead atoms. The molecule has 0 aliphatic heterocycles. The number of likely N-dealkylation sites (N-methyl/N-ethyl adjacent to an activating group) is 1. The minimum absolute atomic E-state index is 0.0842. The van der Waals surface area contributed by atoms with Crippen LogP contribution in [0.15, 0.2) is 0 Å². The molecule has 1 aromatic rings. The lowest BCUT2D eigenvalue weighted by Crippen LogP contribution is -2.42. The molecular weight excluding hydrogens is 230 g/mol. The second-order valence-corrected chi connectivity index (χ2v) is 4.32. The predicted octanol–water partition coefficient (Wildman–Crippen LogP) is 0.827. The van der Waals surface area contributed by atoms with Crippen molar-refractivity contribution >= 4 is 5.91 Å². The molecular formula is C12H23N5O. The van der Waals surface area contributed by atoms with Crippen LogP contribution < -0.4 is 5.32 Å². The monoisotopic (exact) mass is 253 g/mol. The lowest BCUT2D eigenvalue weighted by molar-refractivity contribution is 0.0920. The summed E-state index contributed by atoms with van der Waals surface area (Å²) in [6, 6.07) is 0.0842. The summed E-state index contributed by atoms with van der Waals surface area (Å²) in [7, 11) is 0. The van der Waals surface area contributed by atoms with Gasteiger partial charge in [-0.1, -0.05) is 20.8 Å². The maximum absolute atomic E-state index is 11.9. The average Bonchev–Trinajstić information content (AvgIpc) is 2.84. The molecule has 1 unspecified atom stereocenters. The van der Waals surface area contributed by atoms with Crippen LogP contribution in [0.5, 0.6) is 0 Å². The van der Waals surface area contributed by atoms with Gasteiger partial charge in [0.2, 0.25) is 5.82 Å². The molecule has 0 aromatic carbocycles. The van der Waals surface area contributed by atoms with Gasteiger partial charge in [-0.2, -0.15) is 0 Å². The molecule has 1 aromatic heterocycles. The van der Waals surface area contributed by atoms with Gasteiger partial charge in [-0.25, -0.2) is 4.98 Å². The maximum atomic E-state index is 11.9. The van der Waals surface area contributed by atoms with Crippen molar-refractivity contribution in [2.45, 2.75) is 40.2 Å². The van der Waals surface area contributed by atoms with E-state index in [4.69, 9.17) is 0 Å². The molecule has 1 rings (SSSR count). The third kappa shape index (κ3) is 4.10. The number of carbonyl (C=O) groups excluding carboxylic acids is 1. The minimum Gasteiger partial charge on any atom is -0.346 e. The van der Waals surface area contributed by atoms with Crippen LogP contribution in [0.2, 0.25) is 0 Å². The van der Waals surface area contributed by atoms with E-state index in [1.54, 1.807) is 0 Å². The van der Waals surface area contributed by atoms with Crippen molar-refractivity contribution in [3.63, 3.8) is 0 Å². The van der Waals surface area contributed by atoms with E-state index in [1.165, 1.54) is 0 Å². The lowest BCUT2D eigenvalue weighted by Gasteiger charge is -2.22. The summed E-state index contributed by atoms with van der Waals surface area (Å²) in [5.74, 6) is 0.736. The summed E-state index contributed by atoms with van der Waals surface area (Å²) < 4.78 is 0. The summed E-state index contributed by atoms with van der Waals surface area (Å²) in [5.41, 5.74) is 0. The summed E-state index contributed by atoms with van der Waals surface area (Å²) in [6.07, 6.45) is 0.745. The smallest absolute Gasteiger partial charge is 0.291 e. The Kier molecular flexibility index (Phi) is 5.77. The lowest BCUT2D eigenvalue weighted by atomic mass is 10.3. The van der Waals surface area contributed by atoms with Gasteiger partial charge in [-0.15, -0.1) is 5.10 Å². The van der Waals surface area contributed by atoms with Crippen LogP contribution in [-0.2, 0) is 6.42 Å². The number of hydrogen-bond donors (Lipinski definition) is 2. The van der Waals surface area contributed by atoms with Gasteiger partial charge >= 0.3 is 0 Å². The van der Waals surface area contributed by atoms with Crippen LogP contribution >= 0.6 is 0 Å². The average molecular weight is 253 g/mol. The van der Waals surface area contributed by atoms with E-state index < -0.39 is 0 Å². The van der Waals surface area contributed by atoms with Crippen LogP contribution in [0.4, 0.5) is 0 Å². The molecule has 18 heavy (non-hydrogen) atoms. The number of nitrogens with zero attached hydrogens (tertiary/aromatic N) is 3. The molecule has 0 aliphatic carbocycles. The standard InChI is InChI=1S/C12H23N5O/c1-5-10-14-11(16-15-10)12(18)13-9(4)8-17(6-2)7-3/h9H,5-8H2,1-4H3,(H,13,18)(H,14,15,16). The Morgan fingerprint density at radius 3 is 2.56 bits per heavy atom. The van der Waals surface area contributed by atoms with Crippen LogP contribution in [-0.4, -0.2) is 51.7 Å². The van der Waals surface area contributed by atoms with E-state index >= 15 is 0 Å². The number of aromatic amines is 1. The summed E-state index contributed by atoms with van der Waals surface area (Å²) in [4.78, 5) is 18.2. The number of rotatable bonds is 7. The summed E-state index contributed by atoms with van der Waals surface area (Å²) in [6.45, 7) is 11.0. The number of H-pyrrole nitrogens is 1. The summed E-state index contributed by atoms with van der Waals surface area (Å²) in [5, 5.41) is 9.55. The fourth-order valence-electron chi connectivity index (χ4n) is 1.76. The van der Waals surface area contributed by atoms with Crippen molar-refractivity contribution in [3.05, 3.63) is 11.6 Å². The molecule has 0 fully saturated rings. The van der Waals surface area contributed by atoms with E-state index in [-0.39, 0.29) is 17.8 Å². The minimum atomic E-state index is -0.217. The molecule has 1 atom stereocenters. The molecule has 2 N–H and O–H groups in total. The van der Waals surface area contributed by atoms with Gasteiger partial charge in [0, 0.05) is 19.0 Å². The van der Waals surface area contributed by atoms with Gasteiger partial charge in [-0.3, -0.25) is 9.89 Å². The van der Waals surface area contributed by atoms with Crippen molar-refractivity contribution in [1.29, 1.82) is 0 Å². The number of amides is 1. The predicted molar refractivity (Wildman–Crippen MR) is 70.5 cm³/mol. The zero-order chi connectivity index (χ0) is 13.5. The molecule has 6 heteroatoms. The van der Waals surface area contributed by atoms with Gasteiger partial charge in [0.25, 0.3) is 5.91 Å². The highest BCUT2D eigenvalue weighted by atomic mass is 16.2. The first kappa shape index (κ1) is 14.6. The Hall–Kier alpha value is -1.43. The molecule has 102 valence electrons. The van der Waals surface area contributed by atoms with Crippen molar-refractivity contribution in [2.24, 2.45) is 0 Å². The van der Waals surface area contributed by atoms with Crippen LogP contribution in [0.3, 0.4) is 0 Å². The molecule has 0 spiro atoms. The third-order valence-corrected chi connectivity index (χ3v) is 2.87. The fourth-order valence-corrected chi connectivity index (χ4v) is 1.76. The maximum Gasteiger partial charge on any atom is 0.291 e. The number of nitrogens with one attached hydrogen (secondary N) is 2. The molecule has 1 amide bonds. The van der Waals surface area contributed by atoms with Crippen molar-refractivity contribution in [1.82, 2.24) is 25.4 Å². The van der Waals surface area contributed by atoms with Crippen LogP contribution in [0.1, 0.15) is 44.1 Å². The Bertz CT molecular complexity index is 372. The highest BCUT2D eigenvalue weighted by Gasteiger charge is 2.15.